The largest absolute Gasteiger partial charge is 0.495 e. The van der Waals surface area contributed by atoms with Gasteiger partial charge in [-0.3, -0.25) is 4.79 Å². The van der Waals surface area contributed by atoms with E-state index in [1.807, 2.05) is 0 Å². The number of carbonyl (C=O) groups is 2. The maximum Gasteiger partial charge on any atom is 0.339 e. The number of carbonyl (C=O) groups excluding carboxylic acids is 2. The van der Waals surface area contributed by atoms with Crippen molar-refractivity contribution in [2.75, 3.05) is 12.4 Å². The fraction of sp³-hybridized carbons (Fsp3) is 0.0909. The molecule has 0 aromatic heterocycles. The summed E-state index contributed by atoms with van der Waals surface area (Å²) in [6.45, 7) is 0. The van der Waals surface area contributed by atoms with Crippen molar-refractivity contribution in [3.8, 4) is 5.75 Å². The van der Waals surface area contributed by atoms with E-state index in [0.29, 0.717) is 22.0 Å². The van der Waals surface area contributed by atoms with Crippen molar-refractivity contribution in [2.24, 2.45) is 0 Å². The van der Waals surface area contributed by atoms with Gasteiger partial charge in [-0.2, -0.15) is 0 Å². The minimum atomic E-state index is -1.21. The zero-order chi connectivity index (χ0) is 20.8. The fourth-order valence-electron chi connectivity index (χ4n) is 2.61. The van der Waals surface area contributed by atoms with Crippen molar-refractivity contribution in [1.29, 1.82) is 0 Å². The van der Waals surface area contributed by atoms with Gasteiger partial charge in [-0.1, -0.05) is 41.9 Å². The van der Waals surface area contributed by atoms with E-state index in [1.54, 1.807) is 42.5 Å². The molecule has 148 valence electrons. The van der Waals surface area contributed by atoms with Gasteiger partial charge >= 0.3 is 5.97 Å². The van der Waals surface area contributed by atoms with E-state index in [0.717, 1.165) is 12.1 Å². The molecule has 0 aliphatic carbocycles. The summed E-state index contributed by atoms with van der Waals surface area (Å²) in [6, 6.07) is 18.2. The average Bonchev–Trinajstić information content (AvgIpc) is 2.73. The number of hydrogen-bond acceptors (Lipinski definition) is 4. The van der Waals surface area contributed by atoms with Crippen LogP contribution >= 0.6 is 11.6 Å². The smallest absolute Gasteiger partial charge is 0.339 e. The molecular formula is C22H17ClFNO4. The minimum absolute atomic E-state index is 0.132. The lowest BCUT2D eigenvalue weighted by molar-refractivity contribution is -0.125. The van der Waals surface area contributed by atoms with E-state index in [4.69, 9.17) is 21.1 Å². The number of nitrogens with one attached hydrogen (secondary N) is 1. The summed E-state index contributed by atoms with van der Waals surface area (Å²) >= 11 is 6.09. The highest BCUT2D eigenvalue weighted by atomic mass is 35.5. The van der Waals surface area contributed by atoms with Crippen molar-refractivity contribution in [2.45, 2.75) is 6.10 Å². The summed E-state index contributed by atoms with van der Waals surface area (Å²) in [5, 5.41) is 3.01. The lowest BCUT2D eigenvalue weighted by Gasteiger charge is -2.18. The molecule has 0 saturated heterocycles. The molecule has 0 radical (unpaired) electrons. The maximum atomic E-state index is 13.1. The fourth-order valence-corrected chi connectivity index (χ4v) is 2.87. The zero-order valence-electron chi connectivity index (χ0n) is 15.4. The van der Waals surface area contributed by atoms with Crippen LogP contribution in [0.1, 0.15) is 22.0 Å². The van der Waals surface area contributed by atoms with Crippen LogP contribution < -0.4 is 10.1 Å². The van der Waals surface area contributed by atoms with E-state index in [9.17, 15) is 14.0 Å². The summed E-state index contributed by atoms with van der Waals surface area (Å²) in [4.78, 5) is 25.3. The Balaban J connectivity index is 1.83. The molecule has 0 aliphatic rings. The second kappa shape index (κ2) is 9.21. The third-order valence-corrected chi connectivity index (χ3v) is 4.36. The van der Waals surface area contributed by atoms with Crippen molar-refractivity contribution in [1.82, 2.24) is 0 Å². The first-order valence-electron chi connectivity index (χ1n) is 8.64. The predicted molar refractivity (Wildman–Crippen MR) is 108 cm³/mol. The Hall–Kier alpha value is -3.38. The van der Waals surface area contributed by atoms with Crippen LogP contribution in [0, 0.1) is 5.82 Å². The van der Waals surface area contributed by atoms with Crippen LogP contribution in [0.3, 0.4) is 0 Å². The van der Waals surface area contributed by atoms with Gasteiger partial charge < -0.3 is 14.8 Å². The Morgan fingerprint density at radius 2 is 1.69 bits per heavy atom. The molecule has 0 fully saturated rings. The van der Waals surface area contributed by atoms with Gasteiger partial charge in [0.15, 0.2) is 0 Å². The monoisotopic (exact) mass is 413 g/mol. The number of amides is 1. The van der Waals surface area contributed by atoms with Crippen LogP contribution in [0.5, 0.6) is 5.75 Å². The molecule has 1 atom stereocenters. The van der Waals surface area contributed by atoms with Gasteiger partial charge in [0.1, 0.15) is 11.6 Å². The van der Waals surface area contributed by atoms with Gasteiger partial charge in [0.2, 0.25) is 6.10 Å². The predicted octanol–water partition coefficient (Wildman–Crippen LogP) is 5.02. The molecule has 3 rings (SSSR count). The molecule has 3 aromatic rings. The van der Waals surface area contributed by atoms with Crippen molar-refractivity contribution in [3.63, 3.8) is 0 Å². The summed E-state index contributed by atoms with van der Waals surface area (Å²) in [7, 11) is 1.49. The van der Waals surface area contributed by atoms with Gasteiger partial charge in [-0.25, -0.2) is 9.18 Å². The Kier molecular flexibility index (Phi) is 6.46. The number of methoxy groups -OCH3 is 1. The second-order valence-corrected chi connectivity index (χ2v) is 6.45. The molecule has 1 N–H and O–H groups in total. The standard InChI is InChI=1S/C22H17ClFNO4/c1-28-19-12-11-17(13-18(19)23)25-21(26)20(14-5-3-2-4-6-14)29-22(27)15-7-9-16(24)10-8-15/h2-13,20H,1H3,(H,25,26)/t20-/m1/s1. The molecule has 7 heteroatoms. The highest BCUT2D eigenvalue weighted by Crippen LogP contribution is 2.28. The van der Waals surface area contributed by atoms with Crippen molar-refractivity contribution >= 4 is 29.2 Å². The van der Waals surface area contributed by atoms with Crippen LogP contribution in [0.4, 0.5) is 10.1 Å². The molecule has 0 bridgehead atoms. The lowest BCUT2D eigenvalue weighted by Crippen LogP contribution is -2.26. The Labute approximate surface area is 172 Å². The first-order valence-corrected chi connectivity index (χ1v) is 9.01. The number of rotatable bonds is 6. The molecule has 0 saturated carbocycles. The Morgan fingerprint density at radius 3 is 2.31 bits per heavy atom. The van der Waals surface area contributed by atoms with E-state index in [1.165, 1.54) is 25.3 Å². The summed E-state index contributed by atoms with van der Waals surface area (Å²) in [5.74, 6) is -1.32. The number of esters is 1. The van der Waals surface area contributed by atoms with Gasteiger partial charge in [-0.05, 0) is 42.5 Å². The second-order valence-electron chi connectivity index (χ2n) is 6.04. The number of ether oxygens (including phenoxy) is 2. The van der Waals surface area contributed by atoms with E-state index < -0.39 is 23.8 Å². The first kappa shape index (κ1) is 20.4. The molecule has 3 aromatic carbocycles. The third kappa shape index (κ3) is 5.12. The molecular weight excluding hydrogens is 397 g/mol. The average molecular weight is 414 g/mol. The third-order valence-electron chi connectivity index (χ3n) is 4.06. The molecule has 5 nitrogen and oxygen atoms in total. The number of benzene rings is 3. The molecule has 0 aliphatic heterocycles. The SMILES string of the molecule is COc1ccc(NC(=O)[C@H](OC(=O)c2ccc(F)cc2)c2ccccc2)cc1Cl. The van der Waals surface area contributed by atoms with Crippen LogP contribution in [0.2, 0.25) is 5.02 Å². The topological polar surface area (TPSA) is 64.6 Å². The summed E-state index contributed by atoms with van der Waals surface area (Å²) in [5.41, 5.74) is 1.03. The van der Waals surface area contributed by atoms with Crippen LogP contribution in [-0.4, -0.2) is 19.0 Å². The molecule has 1 amide bonds. The lowest BCUT2D eigenvalue weighted by atomic mass is 10.1. The maximum absolute atomic E-state index is 13.1. The number of halogens is 2. The Morgan fingerprint density at radius 1 is 1.00 bits per heavy atom. The van der Waals surface area contributed by atoms with Crippen molar-refractivity contribution in [3.05, 3.63) is 94.8 Å². The molecule has 0 spiro atoms. The van der Waals surface area contributed by atoms with Gasteiger partial charge in [0.05, 0.1) is 17.7 Å². The van der Waals surface area contributed by atoms with Crippen molar-refractivity contribution < 1.29 is 23.5 Å². The van der Waals surface area contributed by atoms with Crippen LogP contribution in [-0.2, 0) is 9.53 Å². The zero-order valence-corrected chi connectivity index (χ0v) is 16.2. The van der Waals surface area contributed by atoms with Crippen LogP contribution in [0.25, 0.3) is 0 Å². The van der Waals surface area contributed by atoms with Gasteiger partial charge in [0, 0.05) is 11.3 Å². The minimum Gasteiger partial charge on any atom is -0.495 e. The van der Waals surface area contributed by atoms with E-state index >= 15 is 0 Å². The van der Waals surface area contributed by atoms with E-state index in [2.05, 4.69) is 5.32 Å². The number of anilines is 1. The normalized spacial score (nSPS) is 11.4. The Bertz CT molecular complexity index is 1010. The highest BCUT2D eigenvalue weighted by Gasteiger charge is 2.26. The van der Waals surface area contributed by atoms with Gasteiger partial charge in [-0.15, -0.1) is 0 Å². The van der Waals surface area contributed by atoms with Gasteiger partial charge in [0.25, 0.3) is 5.91 Å². The number of hydrogen-bond donors (Lipinski definition) is 1. The first-order chi connectivity index (χ1) is 14.0. The van der Waals surface area contributed by atoms with Crippen LogP contribution in [0.15, 0.2) is 72.8 Å². The molecule has 0 heterocycles. The van der Waals surface area contributed by atoms with E-state index in [-0.39, 0.29) is 5.56 Å². The highest BCUT2D eigenvalue weighted by molar-refractivity contribution is 6.32. The summed E-state index contributed by atoms with van der Waals surface area (Å²) in [6.07, 6.45) is -1.21. The molecule has 0 unspecified atom stereocenters. The summed E-state index contributed by atoms with van der Waals surface area (Å²) < 4.78 is 23.6. The quantitative estimate of drug-likeness (QED) is 0.576. The molecule has 29 heavy (non-hydrogen) atoms.